The SMILES string of the molecule is CCCCCCCCCCc1cn(C(c2ccccc2)c2ccccc2)nn1. The number of aryl methyl sites for hydroxylation is 1. The average Bonchev–Trinajstić information content (AvgIpc) is 3.20. The number of benzene rings is 2. The monoisotopic (exact) mass is 375 g/mol. The van der Waals surface area contributed by atoms with E-state index in [0.29, 0.717) is 0 Å². The van der Waals surface area contributed by atoms with Gasteiger partial charge in [0.2, 0.25) is 0 Å². The Morgan fingerprint density at radius 2 is 1.25 bits per heavy atom. The summed E-state index contributed by atoms with van der Waals surface area (Å²) in [5.74, 6) is 0. The van der Waals surface area contributed by atoms with E-state index >= 15 is 0 Å². The highest BCUT2D eigenvalue weighted by molar-refractivity contribution is 5.32. The van der Waals surface area contributed by atoms with Crippen LogP contribution in [-0.2, 0) is 6.42 Å². The van der Waals surface area contributed by atoms with E-state index < -0.39 is 0 Å². The molecule has 0 aliphatic rings. The molecule has 0 aliphatic carbocycles. The number of rotatable bonds is 12. The first-order valence-corrected chi connectivity index (χ1v) is 10.9. The summed E-state index contributed by atoms with van der Waals surface area (Å²) in [6.45, 7) is 2.27. The van der Waals surface area contributed by atoms with Gasteiger partial charge in [0.15, 0.2) is 0 Å². The standard InChI is InChI=1S/C25H33N3/c1-2-3-4-5-6-7-8-15-20-24-21-28(27-26-24)25(22-16-11-9-12-17-22)23-18-13-10-14-19-23/h9-14,16-19,21,25H,2-8,15,20H2,1H3. The van der Waals surface area contributed by atoms with E-state index in [4.69, 9.17) is 0 Å². The van der Waals surface area contributed by atoms with Crippen molar-refractivity contribution in [1.29, 1.82) is 0 Å². The van der Waals surface area contributed by atoms with Crippen LogP contribution in [0.1, 0.15) is 81.2 Å². The van der Waals surface area contributed by atoms with E-state index in [1.54, 1.807) is 0 Å². The van der Waals surface area contributed by atoms with Crippen LogP contribution in [0.25, 0.3) is 0 Å². The number of nitrogens with zero attached hydrogens (tertiary/aromatic N) is 3. The Labute approximate surface area is 169 Å². The first-order chi connectivity index (χ1) is 13.9. The lowest BCUT2D eigenvalue weighted by Crippen LogP contribution is -2.13. The molecule has 148 valence electrons. The number of aromatic nitrogens is 3. The lowest BCUT2D eigenvalue weighted by molar-refractivity contribution is 0.570. The lowest BCUT2D eigenvalue weighted by Gasteiger charge is -2.17. The summed E-state index contributed by atoms with van der Waals surface area (Å²) in [6, 6.07) is 21.2. The molecule has 0 spiro atoms. The zero-order valence-corrected chi connectivity index (χ0v) is 17.1. The normalized spacial score (nSPS) is 11.2. The molecule has 0 saturated heterocycles. The second-order valence-electron chi connectivity index (χ2n) is 7.64. The van der Waals surface area contributed by atoms with Gasteiger partial charge in [0.05, 0.1) is 5.69 Å². The minimum atomic E-state index is 0.0715. The molecule has 28 heavy (non-hydrogen) atoms. The van der Waals surface area contributed by atoms with Gasteiger partial charge in [-0.1, -0.05) is 118 Å². The van der Waals surface area contributed by atoms with E-state index in [9.17, 15) is 0 Å². The second-order valence-corrected chi connectivity index (χ2v) is 7.64. The van der Waals surface area contributed by atoms with Gasteiger partial charge >= 0.3 is 0 Å². The molecule has 0 bridgehead atoms. The van der Waals surface area contributed by atoms with Gasteiger partial charge in [-0.05, 0) is 24.0 Å². The molecule has 3 rings (SSSR count). The van der Waals surface area contributed by atoms with E-state index in [2.05, 4.69) is 84.1 Å². The highest BCUT2D eigenvalue weighted by Crippen LogP contribution is 2.26. The molecule has 3 heteroatoms. The van der Waals surface area contributed by atoms with Crippen molar-refractivity contribution in [2.24, 2.45) is 0 Å². The predicted molar refractivity (Wildman–Crippen MR) is 116 cm³/mol. The first kappa shape index (κ1) is 20.3. The molecule has 0 atom stereocenters. The van der Waals surface area contributed by atoms with Crippen molar-refractivity contribution in [3.8, 4) is 0 Å². The van der Waals surface area contributed by atoms with Gasteiger partial charge in [0.1, 0.15) is 6.04 Å². The minimum Gasteiger partial charge on any atom is -0.240 e. The molecule has 0 unspecified atom stereocenters. The highest BCUT2D eigenvalue weighted by atomic mass is 15.4. The van der Waals surface area contributed by atoms with E-state index in [1.807, 2.05) is 4.68 Å². The fourth-order valence-electron chi connectivity index (χ4n) is 3.76. The molecule has 0 amide bonds. The van der Waals surface area contributed by atoms with Gasteiger partial charge in [-0.25, -0.2) is 4.68 Å². The molecule has 0 radical (unpaired) electrons. The Kier molecular flexibility index (Phi) is 8.29. The van der Waals surface area contributed by atoms with Crippen molar-refractivity contribution in [2.75, 3.05) is 0 Å². The maximum atomic E-state index is 4.48. The van der Waals surface area contributed by atoms with Gasteiger partial charge in [-0.15, -0.1) is 5.10 Å². The van der Waals surface area contributed by atoms with Crippen molar-refractivity contribution >= 4 is 0 Å². The van der Waals surface area contributed by atoms with Gasteiger partial charge in [0.25, 0.3) is 0 Å². The van der Waals surface area contributed by atoms with E-state index in [-0.39, 0.29) is 6.04 Å². The summed E-state index contributed by atoms with van der Waals surface area (Å²) in [5.41, 5.74) is 3.57. The third-order valence-electron chi connectivity index (χ3n) is 5.34. The molecule has 0 N–H and O–H groups in total. The van der Waals surface area contributed by atoms with Crippen LogP contribution in [0, 0.1) is 0 Å². The molecule has 0 fully saturated rings. The topological polar surface area (TPSA) is 30.7 Å². The number of hydrogen-bond donors (Lipinski definition) is 0. The van der Waals surface area contributed by atoms with E-state index in [1.165, 1.54) is 62.5 Å². The highest BCUT2D eigenvalue weighted by Gasteiger charge is 2.17. The van der Waals surface area contributed by atoms with Crippen molar-refractivity contribution in [3.05, 3.63) is 83.7 Å². The third kappa shape index (κ3) is 6.05. The number of hydrogen-bond acceptors (Lipinski definition) is 2. The van der Waals surface area contributed by atoms with Crippen molar-refractivity contribution in [1.82, 2.24) is 15.0 Å². The third-order valence-corrected chi connectivity index (χ3v) is 5.34. The molecule has 1 heterocycles. The molecule has 0 saturated carbocycles. The van der Waals surface area contributed by atoms with Gasteiger partial charge in [-0.3, -0.25) is 0 Å². The Hall–Kier alpha value is -2.42. The lowest BCUT2D eigenvalue weighted by atomic mass is 9.99. The largest absolute Gasteiger partial charge is 0.240 e. The molecule has 2 aromatic carbocycles. The smallest absolute Gasteiger partial charge is 0.104 e. The zero-order chi connectivity index (χ0) is 19.4. The first-order valence-electron chi connectivity index (χ1n) is 10.9. The summed E-state index contributed by atoms with van der Waals surface area (Å²) in [4.78, 5) is 0. The van der Waals surface area contributed by atoms with Crippen LogP contribution in [0.15, 0.2) is 66.9 Å². The minimum absolute atomic E-state index is 0.0715. The van der Waals surface area contributed by atoms with Crippen LogP contribution in [-0.4, -0.2) is 15.0 Å². The summed E-state index contributed by atoms with van der Waals surface area (Å²) in [6.07, 6.45) is 13.8. The molecule has 1 aromatic heterocycles. The van der Waals surface area contributed by atoms with Crippen LogP contribution >= 0.6 is 0 Å². The molecular formula is C25H33N3. The van der Waals surface area contributed by atoms with Gasteiger partial charge in [0, 0.05) is 6.20 Å². The van der Waals surface area contributed by atoms with Crippen LogP contribution < -0.4 is 0 Å². The quantitative estimate of drug-likeness (QED) is 0.334. The summed E-state index contributed by atoms with van der Waals surface area (Å²) >= 11 is 0. The maximum absolute atomic E-state index is 4.48. The second kappa shape index (κ2) is 11.4. The van der Waals surface area contributed by atoms with Crippen molar-refractivity contribution in [3.63, 3.8) is 0 Å². The fourth-order valence-corrected chi connectivity index (χ4v) is 3.76. The Morgan fingerprint density at radius 1 is 0.714 bits per heavy atom. The predicted octanol–water partition coefficient (Wildman–Crippen LogP) is 6.60. The zero-order valence-electron chi connectivity index (χ0n) is 17.1. The van der Waals surface area contributed by atoms with E-state index in [0.717, 1.165) is 12.1 Å². The average molecular weight is 376 g/mol. The summed E-state index contributed by atoms with van der Waals surface area (Å²) in [7, 11) is 0. The Balaban J connectivity index is 1.57. The van der Waals surface area contributed by atoms with Gasteiger partial charge in [-0.2, -0.15) is 0 Å². The summed E-state index contributed by atoms with van der Waals surface area (Å²) in [5, 5.41) is 8.94. The van der Waals surface area contributed by atoms with Gasteiger partial charge < -0.3 is 0 Å². The van der Waals surface area contributed by atoms with Crippen LogP contribution in [0.5, 0.6) is 0 Å². The molecule has 3 nitrogen and oxygen atoms in total. The van der Waals surface area contributed by atoms with Crippen molar-refractivity contribution < 1.29 is 0 Å². The maximum Gasteiger partial charge on any atom is 0.104 e. The Morgan fingerprint density at radius 3 is 1.82 bits per heavy atom. The van der Waals surface area contributed by atoms with Crippen molar-refractivity contribution in [2.45, 2.75) is 70.8 Å². The fraction of sp³-hybridized carbons (Fsp3) is 0.440. The van der Waals surface area contributed by atoms with Crippen LogP contribution in [0.4, 0.5) is 0 Å². The number of unbranched alkanes of at least 4 members (excludes halogenated alkanes) is 7. The van der Waals surface area contributed by atoms with Crippen LogP contribution in [0.3, 0.4) is 0 Å². The summed E-state index contributed by atoms with van der Waals surface area (Å²) < 4.78 is 2.02. The molecule has 0 aliphatic heterocycles. The Bertz CT molecular complexity index is 740. The van der Waals surface area contributed by atoms with Crippen LogP contribution in [0.2, 0.25) is 0 Å². The molecular weight excluding hydrogens is 342 g/mol. The molecule has 3 aromatic rings.